The van der Waals surface area contributed by atoms with Crippen molar-refractivity contribution in [1.29, 1.82) is 0 Å². The second-order valence-electron chi connectivity index (χ2n) is 4.27. The molecule has 0 radical (unpaired) electrons. The van der Waals surface area contributed by atoms with E-state index in [-0.39, 0.29) is 0 Å². The molecular weight excluding hydrogens is 200 g/mol. The van der Waals surface area contributed by atoms with Crippen LogP contribution in [0.1, 0.15) is 43.8 Å². The summed E-state index contributed by atoms with van der Waals surface area (Å²) in [6.45, 7) is 6.88. The Labute approximate surface area is 95.3 Å². The lowest BCUT2D eigenvalue weighted by Crippen LogP contribution is -2.03. The van der Waals surface area contributed by atoms with Gasteiger partial charge in [-0.3, -0.25) is 0 Å². The molecule has 2 rings (SSSR count). The van der Waals surface area contributed by atoms with E-state index in [0.29, 0.717) is 12.5 Å². The normalized spacial score (nSPS) is 11.6. The molecule has 2 aromatic rings. The summed E-state index contributed by atoms with van der Waals surface area (Å²) in [4.78, 5) is 12.3. The van der Waals surface area contributed by atoms with Gasteiger partial charge < -0.3 is 10.7 Å². The molecule has 0 aliphatic heterocycles. The molecule has 0 fully saturated rings. The van der Waals surface area contributed by atoms with E-state index in [2.05, 4.69) is 35.7 Å². The van der Waals surface area contributed by atoms with Crippen molar-refractivity contribution in [2.45, 2.75) is 39.7 Å². The van der Waals surface area contributed by atoms with Crippen molar-refractivity contribution in [3.8, 4) is 0 Å². The molecule has 0 saturated carbocycles. The summed E-state index contributed by atoms with van der Waals surface area (Å²) >= 11 is 0. The number of fused-ring (bicyclic) bond motifs is 1. The van der Waals surface area contributed by atoms with Crippen LogP contribution in [0.3, 0.4) is 0 Å². The van der Waals surface area contributed by atoms with Gasteiger partial charge in [0.15, 0.2) is 0 Å². The van der Waals surface area contributed by atoms with E-state index in [0.717, 1.165) is 34.5 Å². The van der Waals surface area contributed by atoms with Gasteiger partial charge >= 0.3 is 0 Å². The summed E-state index contributed by atoms with van der Waals surface area (Å²) in [6.07, 6.45) is 2.79. The van der Waals surface area contributed by atoms with E-state index in [1.807, 2.05) is 6.20 Å². The maximum atomic E-state index is 5.72. The number of aromatic nitrogens is 3. The van der Waals surface area contributed by atoms with Gasteiger partial charge in [0.2, 0.25) is 0 Å². The Morgan fingerprint density at radius 1 is 1.38 bits per heavy atom. The first-order valence-corrected chi connectivity index (χ1v) is 5.74. The van der Waals surface area contributed by atoms with Gasteiger partial charge in [0.05, 0.1) is 5.69 Å². The van der Waals surface area contributed by atoms with E-state index in [9.17, 15) is 0 Å². The second kappa shape index (κ2) is 4.22. The van der Waals surface area contributed by atoms with Crippen LogP contribution in [0.2, 0.25) is 0 Å². The summed E-state index contributed by atoms with van der Waals surface area (Å²) in [5.74, 6) is 1.28. The van der Waals surface area contributed by atoms with E-state index in [4.69, 9.17) is 5.73 Å². The van der Waals surface area contributed by atoms with Crippen molar-refractivity contribution in [3.63, 3.8) is 0 Å². The zero-order chi connectivity index (χ0) is 11.7. The average Bonchev–Trinajstić information content (AvgIpc) is 2.70. The highest BCUT2D eigenvalue weighted by molar-refractivity contribution is 5.82. The Kier molecular flexibility index (Phi) is 2.92. The highest BCUT2D eigenvalue weighted by Gasteiger charge is 2.14. The Balaban J connectivity index is 2.75. The molecule has 86 valence electrons. The molecule has 4 heteroatoms. The molecule has 0 aromatic carbocycles. The van der Waals surface area contributed by atoms with Crippen molar-refractivity contribution < 1.29 is 0 Å². The lowest BCUT2D eigenvalue weighted by Gasteiger charge is -2.09. The molecule has 0 spiro atoms. The van der Waals surface area contributed by atoms with Crippen LogP contribution in [0, 0.1) is 0 Å². The molecule has 2 heterocycles. The Morgan fingerprint density at radius 2 is 2.12 bits per heavy atom. The molecule has 16 heavy (non-hydrogen) atoms. The van der Waals surface area contributed by atoms with Gasteiger partial charge in [-0.25, -0.2) is 9.97 Å². The Bertz CT molecular complexity index is 499. The summed E-state index contributed by atoms with van der Waals surface area (Å²) < 4.78 is 0. The van der Waals surface area contributed by atoms with Crippen molar-refractivity contribution in [2.24, 2.45) is 5.73 Å². The largest absolute Gasteiger partial charge is 0.346 e. The van der Waals surface area contributed by atoms with Crippen molar-refractivity contribution >= 4 is 11.0 Å². The van der Waals surface area contributed by atoms with Gasteiger partial charge in [0.25, 0.3) is 0 Å². The monoisotopic (exact) mass is 218 g/mol. The van der Waals surface area contributed by atoms with Crippen LogP contribution in [0.4, 0.5) is 0 Å². The standard InChI is InChI=1S/C12H18N4/c1-4-9-15-11(7(2)3)10-8(5-13)6-14-12(10)16-9/h6-7H,4-5,13H2,1-3H3,(H,14,15,16). The number of hydrogen-bond acceptors (Lipinski definition) is 3. The van der Waals surface area contributed by atoms with Crippen molar-refractivity contribution in [3.05, 3.63) is 23.3 Å². The van der Waals surface area contributed by atoms with E-state index < -0.39 is 0 Å². The zero-order valence-electron chi connectivity index (χ0n) is 10.0. The SMILES string of the molecule is CCc1nc(C(C)C)c2c(CN)c[nH]c2n1. The average molecular weight is 218 g/mol. The molecule has 2 aromatic heterocycles. The summed E-state index contributed by atoms with van der Waals surface area (Å²) in [7, 11) is 0. The maximum absolute atomic E-state index is 5.72. The van der Waals surface area contributed by atoms with E-state index >= 15 is 0 Å². The van der Waals surface area contributed by atoms with Gasteiger partial charge in [-0.15, -0.1) is 0 Å². The lowest BCUT2D eigenvalue weighted by atomic mass is 10.0. The lowest BCUT2D eigenvalue weighted by molar-refractivity contribution is 0.801. The van der Waals surface area contributed by atoms with Crippen LogP contribution in [0.25, 0.3) is 11.0 Å². The van der Waals surface area contributed by atoms with Crippen molar-refractivity contribution in [2.75, 3.05) is 0 Å². The first kappa shape index (κ1) is 11.1. The number of nitrogens with two attached hydrogens (primary N) is 1. The topological polar surface area (TPSA) is 67.6 Å². The van der Waals surface area contributed by atoms with Gasteiger partial charge in [0, 0.05) is 24.5 Å². The molecule has 0 aliphatic rings. The number of nitrogens with one attached hydrogen (secondary N) is 1. The minimum Gasteiger partial charge on any atom is -0.346 e. The number of aromatic amines is 1. The summed E-state index contributed by atoms with van der Waals surface area (Å²) in [6, 6.07) is 0. The minimum absolute atomic E-state index is 0.386. The van der Waals surface area contributed by atoms with Crippen molar-refractivity contribution in [1.82, 2.24) is 15.0 Å². The molecule has 0 amide bonds. The first-order chi connectivity index (χ1) is 7.67. The van der Waals surface area contributed by atoms with Crippen LogP contribution in [-0.2, 0) is 13.0 Å². The second-order valence-corrected chi connectivity index (χ2v) is 4.27. The predicted molar refractivity (Wildman–Crippen MR) is 65.2 cm³/mol. The number of hydrogen-bond donors (Lipinski definition) is 2. The van der Waals surface area contributed by atoms with Gasteiger partial charge in [0.1, 0.15) is 11.5 Å². The van der Waals surface area contributed by atoms with Crippen LogP contribution in [-0.4, -0.2) is 15.0 Å². The third-order valence-electron chi connectivity index (χ3n) is 2.77. The fourth-order valence-corrected chi connectivity index (χ4v) is 1.91. The maximum Gasteiger partial charge on any atom is 0.141 e. The first-order valence-electron chi connectivity index (χ1n) is 5.74. The van der Waals surface area contributed by atoms with E-state index in [1.54, 1.807) is 0 Å². The fraction of sp³-hybridized carbons (Fsp3) is 0.500. The summed E-state index contributed by atoms with van der Waals surface area (Å²) in [5.41, 5.74) is 8.84. The minimum atomic E-state index is 0.386. The Morgan fingerprint density at radius 3 is 2.69 bits per heavy atom. The number of rotatable bonds is 3. The van der Waals surface area contributed by atoms with Gasteiger partial charge in [-0.1, -0.05) is 20.8 Å². The molecule has 0 saturated heterocycles. The number of nitrogens with zero attached hydrogens (tertiary/aromatic N) is 2. The third kappa shape index (κ3) is 1.69. The fourth-order valence-electron chi connectivity index (χ4n) is 1.91. The van der Waals surface area contributed by atoms with E-state index in [1.165, 1.54) is 0 Å². The molecular formula is C12H18N4. The number of aryl methyl sites for hydroxylation is 1. The molecule has 0 bridgehead atoms. The van der Waals surface area contributed by atoms with Gasteiger partial charge in [-0.2, -0.15) is 0 Å². The predicted octanol–water partition coefficient (Wildman–Crippen LogP) is 2.10. The zero-order valence-corrected chi connectivity index (χ0v) is 10.0. The highest BCUT2D eigenvalue weighted by Crippen LogP contribution is 2.25. The molecule has 4 nitrogen and oxygen atoms in total. The van der Waals surface area contributed by atoms with Crippen LogP contribution < -0.4 is 5.73 Å². The molecule has 0 unspecified atom stereocenters. The van der Waals surface area contributed by atoms with Crippen LogP contribution in [0.15, 0.2) is 6.20 Å². The smallest absolute Gasteiger partial charge is 0.141 e. The quantitative estimate of drug-likeness (QED) is 0.829. The number of H-pyrrole nitrogens is 1. The van der Waals surface area contributed by atoms with Crippen LogP contribution >= 0.6 is 0 Å². The summed E-state index contributed by atoms with van der Waals surface area (Å²) in [5, 5.41) is 1.11. The Hall–Kier alpha value is -1.42. The highest BCUT2D eigenvalue weighted by atomic mass is 15.0. The molecule has 3 N–H and O–H groups in total. The third-order valence-corrected chi connectivity index (χ3v) is 2.77. The molecule has 0 atom stereocenters. The molecule has 0 aliphatic carbocycles. The van der Waals surface area contributed by atoms with Crippen LogP contribution in [0.5, 0.6) is 0 Å². The van der Waals surface area contributed by atoms with Gasteiger partial charge in [-0.05, 0) is 11.5 Å².